The van der Waals surface area contributed by atoms with Crippen LogP contribution in [0.1, 0.15) is 16.7 Å². The molecule has 1 aromatic heterocycles. The van der Waals surface area contributed by atoms with Crippen molar-refractivity contribution in [3.63, 3.8) is 0 Å². The topological polar surface area (TPSA) is 59.1 Å². The highest BCUT2D eigenvalue weighted by Crippen LogP contribution is 2.39. The van der Waals surface area contributed by atoms with E-state index in [1.165, 1.54) is 5.56 Å². The van der Waals surface area contributed by atoms with Crippen molar-refractivity contribution in [2.75, 3.05) is 5.73 Å². The van der Waals surface area contributed by atoms with Crippen molar-refractivity contribution in [2.45, 2.75) is 20.8 Å². The maximum Gasteiger partial charge on any atom is 0.128 e. The van der Waals surface area contributed by atoms with Crippen LogP contribution in [0.2, 0.25) is 0 Å². The molecule has 0 aliphatic rings. The molecule has 1 heterocycles. The summed E-state index contributed by atoms with van der Waals surface area (Å²) in [5.74, 6) is 0.257. The summed E-state index contributed by atoms with van der Waals surface area (Å²) in [5, 5.41) is 11.0. The molecule has 0 amide bonds. The van der Waals surface area contributed by atoms with E-state index in [1.807, 2.05) is 6.92 Å². The molecule has 20 heavy (non-hydrogen) atoms. The Bertz CT molecular complexity index is 821. The Morgan fingerprint density at radius 1 is 1.05 bits per heavy atom. The molecule has 3 N–H and O–H groups in total. The van der Waals surface area contributed by atoms with E-state index in [2.05, 4.69) is 31.0 Å². The van der Waals surface area contributed by atoms with Gasteiger partial charge >= 0.3 is 0 Å². The van der Waals surface area contributed by atoms with Gasteiger partial charge in [-0.3, -0.25) is 0 Å². The van der Waals surface area contributed by atoms with Crippen LogP contribution in [0.3, 0.4) is 0 Å². The third-order valence-corrected chi connectivity index (χ3v) is 4.42. The third kappa shape index (κ3) is 2.02. The molecule has 0 saturated carbocycles. The van der Waals surface area contributed by atoms with Crippen molar-refractivity contribution in [3.05, 3.63) is 41.0 Å². The number of aromatic nitrogens is 1. The van der Waals surface area contributed by atoms with E-state index < -0.39 is 0 Å². The Balaban J connectivity index is 2.28. The molecule has 0 bridgehead atoms. The summed E-state index contributed by atoms with van der Waals surface area (Å²) in [6.45, 7) is 5.98. The summed E-state index contributed by atoms with van der Waals surface area (Å²) in [6, 6.07) is 7.79. The van der Waals surface area contributed by atoms with Crippen LogP contribution < -0.4 is 5.73 Å². The molecule has 3 aromatic rings. The molecule has 0 spiro atoms. The lowest BCUT2D eigenvalue weighted by Crippen LogP contribution is -1.89. The smallest absolute Gasteiger partial charge is 0.128 e. The van der Waals surface area contributed by atoms with Crippen LogP contribution in [0, 0.1) is 20.8 Å². The largest absolute Gasteiger partial charge is 0.507 e. The van der Waals surface area contributed by atoms with Gasteiger partial charge < -0.3 is 10.8 Å². The molecule has 0 saturated heterocycles. The van der Waals surface area contributed by atoms with E-state index in [1.54, 1.807) is 23.5 Å². The number of hydrogen-bond acceptors (Lipinski definition) is 4. The minimum atomic E-state index is 0.257. The molecule has 0 aliphatic heterocycles. The van der Waals surface area contributed by atoms with Crippen molar-refractivity contribution in [2.24, 2.45) is 0 Å². The van der Waals surface area contributed by atoms with Gasteiger partial charge in [0.25, 0.3) is 0 Å². The molecule has 3 rings (SSSR count). The van der Waals surface area contributed by atoms with Crippen LogP contribution in [0.25, 0.3) is 20.8 Å². The maximum atomic E-state index is 10.2. The summed E-state index contributed by atoms with van der Waals surface area (Å²) in [4.78, 5) is 4.67. The lowest BCUT2D eigenvalue weighted by molar-refractivity contribution is 0.473. The van der Waals surface area contributed by atoms with E-state index in [4.69, 9.17) is 5.73 Å². The first-order valence-corrected chi connectivity index (χ1v) is 7.24. The first kappa shape index (κ1) is 12.9. The van der Waals surface area contributed by atoms with E-state index in [0.717, 1.165) is 26.4 Å². The first-order valence-electron chi connectivity index (χ1n) is 6.43. The quantitative estimate of drug-likeness (QED) is 0.520. The number of nitrogens with two attached hydrogens (primary N) is 1. The average molecular weight is 284 g/mol. The second kappa shape index (κ2) is 4.49. The first-order chi connectivity index (χ1) is 9.45. The van der Waals surface area contributed by atoms with E-state index in [0.29, 0.717) is 11.3 Å². The van der Waals surface area contributed by atoms with Crippen molar-refractivity contribution in [1.82, 2.24) is 4.98 Å². The number of aromatic hydroxyl groups is 1. The average Bonchev–Trinajstić information content (AvgIpc) is 2.77. The number of aryl methyl sites for hydroxylation is 3. The van der Waals surface area contributed by atoms with Crippen LogP contribution in [-0.4, -0.2) is 10.1 Å². The Hall–Kier alpha value is -2.07. The molecule has 0 unspecified atom stereocenters. The molecule has 0 atom stereocenters. The Morgan fingerprint density at radius 2 is 1.80 bits per heavy atom. The number of hydrogen-bond donors (Lipinski definition) is 2. The number of benzene rings is 2. The van der Waals surface area contributed by atoms with Gasteiger partial charge in [-0.1, -0.05) is 6.07 Å². The van der Waals surface area contributed by atoms with Crippen LogP contribution in [0.15, 0.2) is 24.3 Å². The fraction of sp³-hybridized carbons (Fsp3) is 0.188. The Kier molecular flexibility index (Phi) is 2.91. The lowest BCUT2D eigenvalue weighted by atomic mass is 10.1. The molecule has 2 aromatic carbocycles. The summed E-state index contributed by atoms with van der Waals surface area (Å²) in [5.41, 5.74) is 11.4. The summed E-state index contributed by atoms with van der Waals surface area (Å²) in [7, 11) is 0. The van der Waals surface area contributed by atoms with Gasteiger partial charge in [-0.2, -0.15) is 0 Å². The number of nitrogen functional groups attached to an aromatic ring is 1. The molecule has 4 heteroatoms. The Labute approximate surface area is 121 Å². The van der Waals surface area contributed by atoms with Crippen LogP contribution in [0.4, 0.5) is 5.69 Å². The number of rotatable bonds is 1. The molecule has 102 valence electrons. The lowest BCUT2D eigenvalue weighted by Gasteiger charge is -2.05. The number of phenols is 1. The summed E-state index contributed by atoms with van der Waals surface area (Å²) >= 11 is 1.58. The van der Waals surface area contributed by atoms with E-state index in [9.17, 15) is 5.11 Å². The second-order valence-corrected chi connectivity index (χ2v) is 6.21. The van der Waals surface area contributed by atoms with Crippen molar-refractivity contribution < 1.29 is 5.11 Å². The standard InChI is InChI=1S/C16H16N2OS/c1-8-4-9(2)14-13(5-8)20-16(18-14)12-7-11(17)6-10(3)15(12)19/h4-7,19H,17H2,1-3H3. The molecule has 3 nitrogen and oxygen atoms in total. The van der Waals surface area contributed by atoms with Crippen molar-refractivity contribution >= 4 is 27.2 Å². The van der Waals surface area contributed by atoms with Crippen molar-refractivity contribution in [3.8, 4) is 16.3 Å². The summed E-state index contributed by atoms with van der Waals surface area (Å²) < 4.78 is 1.14. The molecule has 0 aliphatic carbocycles. The zero-order valence-corrected chi connectivity index (χ0v) is 12.5. The van der Waals surface area contributed by atoms with Gasteiger partial charge in [0.1, 0.15) is 10.8 Å². The van der Waals surface area contributed by atoms with Crippen LogP contribution in [0.5, 0.6) is 5.75 Å². The predicted octanol–water partition coefficient (Wildman–Crippen LogP) is 4.18. The third-order valence-electron chi connectivity index (χ3n) is 3.38. The van der Waals surface area contributed by atoms with Gasteiger partial charge in [0.15, 0.2) is 0 Å². The minimum absolute atomic E-state index is 0.257. The van der Waals surface area contributed by atoms with Crippen molar-refractivity contribution in [1.29, 1.82) is 0 Å². The highest BCUT2D eigenvalue weighted by atomic mass is 32.1. The monoisotopic (exact) mass is 284 g/mol. The molecule has 0 fully saturated rings. The molecular weight excluding hydrogens is 268 g/mol. The SMILES string of the molecule is Cc1cc(C)c2nc(-c3cc(N)cc(C)c3O)sc2c1. The summed E-state index contributed by atoms with van der Waals surface area (Å²) in [6.07, 6.45) is 0. The molecular formula is C16H16N2OS. The van der Waals surface area contributed by atoms with Gasteiger partial charge in [-0.05, 0) is 55.7 Å². The van der Waals surface area contributed by atoms with E-state index >= 15 is 0 Å². The maximum absolute atomic E-state index is 10.2. The van der Waals surface area contributed by atoms with Crippen LogP contribution >= 0.6 is 11.3 Å². The number of nitrogens with zero attached hydrogens (tertiary/aromatic N) is 1. The van der Waals surface area contributed by atoms with Gasteiger partial charge in [0, 0.05) is 5.69 Å². The Morgan fingerprint density at radius 3 is 2.55 bits per heavy atom. The highest BCUT2D eigenvalue weighted by Gasteiger charge is 2.14. The minimum Gasteiger partial charge on any atom is -0.507 e. The fourth-order valence-electron chi connectivity index (χ4n) is 2.46. The van der Waals surface area contributed by atoms with Gasteiger partial charge in [0.2, 0.25) is 0 Å². The van der Waals surface area contributed by atoms with E-state index in [-0.39, 0.29) is 5.75 Å². The fourth-order valence-corrected chi connectivity index (χ4v) is 3.62. The molecule has 0 radical (unpaired) electrons. The zero-order chi connectivity index (χ0) is 14.4. The second-order valence-electron chi connectivity index (χ2n) is 5.18. The normalized spacial score (nSPS) is 11.2. The number of fused-ring (bicyclic) bond motifs is 1. The number of thiazole rings is 1. The number of anilines is 1. The predicted molar refractivity (Wildman–Crippen MR) is 85.3 cm³/mol. The van der Waals surface area contributed by atoms with Gasteiger partial charge in [-0.15, -0.1) is 11.3 Å². The van der Waals surface area contributed by atoms with Gasteiger partial charge in [-0.25, -0.2) is 4.98 Å². The zero-order valence-electron chi connectivity index (χ0n) is 11.7. The number of phenolic OH excluding ortho intramolecular Hbond substituents is 1. The highest BCUT2D eigenvalue weighted by molar-refractivity contribution is 7.21. The van der Waals surface area contributed by atoms with Gasteiger partial charge in [0.05, 0.1) is 15.8 Å². The van der Waals surface area contributed by atoms with Crippen LogP contribution in [-0.2, 0) is 0 Å².